The van der Waals surface area contributed by atoms with E-state index < -0.39 is 0 Å². The van der Waals surface area contributed by atoms with Gasteiger partial charge in [0.15, 0.2) is 11.5 Å². The molecule has 3 rings (SSSR count). The van der Waals surface area contributed by atoms with Gasteiger partial charge in [-0.15, -0.1) is 0 Å². The van der Waals surface area contributed by atoms with E-state index in [4.69, 9.17) is 21.1 Å². The summed E-state index contributed by atoms with van der Waals surface area (Å²) in [6.07, 6.45) is 6.94. The number of benzene rings is 1. The highest BCUT2D eigenvalue weighted by Crippen LogP contribution is 2.36. The van der Waals surface area contributed by atoms with E-state index in [1.54, 1.807) is 19.3 Å². The van der Waals surface area contributed by atoms with Crippen molar-refractivity contribution in [3.63, 3.8) is 0 Å². The summed E-state index contributed by atoms with van der Waals surface area (Å²) in [5.41, 5.74) is 1.86. The van der Waals surface area contributed by atoms with Gasteiger partial charge in [-0.2, -0.15) is 0 Å². The molecule has 1 saturated heterocycles. The number of piperidine rings is 1. The Morgan fingerprint density at radius 2 is 2.13 bits per heavy atom. The van der Waals surface area contributed by atoms with Crippen molar-refractivity contribution < 1.29 is 14.3 Å². The van der Waals surface area contributed by atoms with Crippen LogP contribution in [0.3, 0.4) is 0 Å². The molecule has 0 unspecified atom stereocenters. The van der Waals surface area contributed by atoms with E-state index in [0.717, 1.165) is 43.7 Å². The van der Waals surface area contributed by atoms with Gasteiger partial charge in [0.1, 0.15) is 0 Å². The lowest BCUT2D eigenvalue weighted by atomic mass is 10.0. The van der Waals surface area contributed by atoms with E-state index >= 15 is 0 Å². The molecular weight excluding hydrogens is 402 g/mol. The lowest BCUT2D eigenvalue weighted by Crippen LogP contribution is -2.43. The number of hydrogen-bond acceptors (Lipinski definition) is 5. The Kier molecular flexibility index (Phi) is 8.11. The van der Waals surface area contributed by atoms with E-state index in [0.29, 0.717) is 23.1 Å². The molecule has 2 aromatic rings. The van der Waals surface area contributed by atoms with Crippen molar-refractivity contribution in [2.45, 2.75) is 32.4 Å². The molecule has 7 heteroatoms. The lowest BCUT2D eigenvalue weighted by molar-refractivity contribution is -0.117. The van der Waals surface area contributed by atoms with E-state index in [9.17, 15) is 4.79 Å². The second-order valence-electron chi connectivity index (χ2n) is 7.18. The maximum atomic E-state index is 12.4. The van der Waals surface area contributed by atoms with Crippen molar-refractivity contribution in [1.29, 1.82) is 0 Å². The fourth-order valence-electron chi connectivity index (χ4n) is 3.52. The third kappa shape index (κ3) is 6.21. The first-order chi connectivity index (χ1) is 14.6. The van der Waals surface area contributed by atoms with Gasteiger partial charge in [0.2, 0.25) is 5.91 Å². The minimum atomic E-state index is -0.108. The highest BCUT2D eigenvalue weighted by molar-refractivity contribution is 6.32. The molecular formula is C23H28ClN3O3. The van der Waals surface area contributed by atoms with Crippen LogP contribution in [0.2, 0.25) is 5.02 Å². The number of hydrogen-bond donors (Lipinski definition) is 1. The van der Waals surface area contributed by atoms with Gasteiger partial charge < -0.3 is 14.8 Å². The number of pyridine rings is 1. The zero-order chi connectivity index (χ0) is 21.3. The van der Waals surface area contributed by atoms with Crippen molar-refractivity contribution in [3.05, 3.63) is 58.9 Å². The van der Waals surface area contributed by atoms with Crippen LogP contribution in [0.4, 0.5) is 0 Å². The van der Waals surface area contributed by atoms with Crippen LogP contribution < -0.4 is 14.8 Å². The molecule has 1 aromatic heterocycles. The first-order valence-corrected chi connectivity index (χ1v) is 10.6. The Morgan fingerprint density at radius 1 is 1.33 bits per heavy atom. The Morgan fingerprint density at radius 3 is 2.80 bits per heavy atom. The number of ether oxygens (including phenoxy) is 2. The number of rotatable bonds is 8. The van der Waals surface area contributed by atoms with Crippen LogP contribution >= 0.6 is 11.6 Å². The summed E-state index contributed by atoms with van der Waals surface area (Å²) in [4.78, 5) is 19.1. The number of carbonyl (C=O) groups is 1. The first kappa shape index (κ1) is 22.1. The summed E-state index contributed by atoms with van der Waals surface area (Å²) in [7, 11) is 1.55. The highest BCUT2D eigenvalue weighted by atomic mass is 35.5. The molecule has 6 nitrogen and oxygen atoms in total. The molecule has 0 radical (unpaired) electrons. The van der Waals surface area contributed by atoms with Crippen molar-refractivity contribution in [2.75, 3.05) is 26.8 Å². The quantitative estimate of drug-likeness (QED) is 0.644. The first-order valence-electron chi connectivity index (χ1n) is 10.2. The number of nitrogens with zero attached hydrogens (tertiary/aromatic N) is 2. The van der Waals surface area contributed by atoms with Crippen molar-refractivity contribution >= 4 is 23.6 Å². The average Bonchev–Trinajstić information content (AvgIpc) is 2.75. The molecule has 1 N–H and O–H groups in total. The predicted octanol–water partition coefficient (Wildman–Crippen LogP) is 3.94. The molecule has 1 aromatic carbocycles. The molecule has 160 valence electrons. The van der Waals surface area contributed by atoms with Gasteiger partial charge in [-0.05, 0) is 55.7 Å². The smallest absolute Gasteiger partial charge is 0.244 e. The molecule has 1 fully saturated rings. The maximum Gasteiger partial charge on any atom is 0.244 e. The molecule has 0 spiro atoms. The van der Waals surface area contributed by atoms with Crippen LogP contribution in [0.1, 0.15) is 31.0 Å². The Hall–Kier alpha value is -2.57. The van der Waals surface area contributed by atoms with Gasteiger partial charge in [0, 0.05) is 37.9 Å². The van der Waals surface area contributed by atoms with Crippen LogP contribution in [-0.2, 0) is 11.3 Å². The molecule has 0 saturated carbocycles. The minimum Gasteiger partial charge on any atom is -0.491 e. The highest BCUT2D eigenvalue weighted by Gasteiger charge is 2.20. The largest absolute Gasteiger partial charge is 0.491 e. The van der Waals surface area contributed by atoms with Gasteiger partial charge in [0.05, 0.1) is 24.4 Å². The topological polar surface area (TPSA) is 63.7 Å². The Balaban J connectivity index is 1.50. The summed E-state index contributed by atoms with van der Waals surface area (Å²) in [5, 5.41) is 3.54. The Labute approximate surface area is 182 Å². The minimum absolute atomic E-state index is 0.108. The lowest BCUT2D eigenvalue weighted by Gasteiger charge is -2.31. The normalized spacial score (nSPS) is 15.3. The molecule has 30 heavy (non-hydrogen) atoms. The van der Waals surface area contributed by atoms with Crippen LogP contribution in [-0.4, -0.2) is 48.6 Å². The SMILES string of the molecule is CCOc1cc(C=CC(=O)NC2CCN(Cc3ccccn3)CC2)cc(Cl)c1OC. The molecule has 1 aliphatic rings. The Bertz CT molecular complexity index is 865. The molecule has 0 atom stereocenters. The van der Waals surface area contributed by atoms with Crippen LogP contribution in [0, 0.1) is 0 Å². The summed E-state index contributed by atoms with van der Waals surface area (Å²) in [6, 6.07) is 9.73. The molecule has 1 amide bonds. The number of halogens is 1. The fraction of sp³-hybridized carbons (Fsp3) is 0.391. The molecule has 2 heterocycles. The maximum absolute atomic E-state index is 12.4. The van der Waals surface area contributed by atoms with Gasteiger partial charge in [-0.3, -0.25) is 14.7 Å². The van der Waals surface area contributed by atoms with Gasteiger partial charge in [-0.25, -0.2) is 0 Å². The summed E-state index contributed by atoms with van der Waals surface area (Å²) < 4.78 is 10.9. The standard InChI is InChI=1S/C23H28ClN3O3/c1-3-30-21-15-17(14-20(24)23(21)29-2)7-8-22(28)26-18-9-12-27(13-10-18)16-19-6-4-5-11-25-19/h4-8,11,14-15,18H,3,9-10,12-13,16H2,1-2H3,(H,26,28). The number of amides is 1. The number of carbonyl (C=O) groups excluding carboxylic acids is 1. The summed E-state index contributed by atoms with van der Waals surface area (Å²) in [6.45, 7) is 5.13. The van der Waals surface area contributed by atoms with Gasteiger partial charge in [0.25, 0.3) is 0 Å². The van der Waals surface area contributed by atoms with Crippen LogP contribution in [0.15, 0.2) is 42.6 Å². The fourth-order valence-corrected chi connectivity index (χ4v) is 3.82. The predicted molar refractivity (Wildman–Crippen MR) is 119 cm³/mol. The summed E-state index contributed by atoms with van der Waals surface area (Å²) in [5.74, 6) is 0.952. The third-order valence-corrected chi connectivity index (χ3v) is 5.29. The van der Waals surface area contributed by atoms with E-state index in [1.807, 2.05) is 37.4 Å². The third-order valence-electron chi connectivity index (χ3n) is 5.01. The van der Waals surface area contributed by atoms with E-state index in [2.05, 4.69) is 15.2 Å². The number of aromatic nitrogens is 1. The zero-order valence-corrected chi connectivity index (χ0v) is 18.2. The van der Waals surface area contributed by atoms with Crippen LogP contribution in [0.5, 0.6) is 11.5 Å². The van der Waals surface area contributed by atoms with Crippen molar-refractivity contribution in [1.82, 2.24) is 15.2 Å². The second-order valence-corrected chi connectivity index (χ2v) is 7.59. The number of likely N-dealkylation sites (tertiary alicyclic amines) is 1. The van der Waals surface area contributed by atoms with E-state index in [-0.39, 0.29) is 11.9 Å². The van der Waals surface area contributed by atoms with Crippen molar-refractivity contribution in [2.24, 2.45) is 0 Å². The van der Waals surface area contributed by atoms with Gasteiger partial charge >= 0.3 is 0 Å². The van der Waals surface area contributed by atoms with Crippen molar-refractivity contribution in [3.8, 4) is 11.5 Å². The van der Waals surface area contributed by atoms with Gasteiger partial charge in [-0.1, -0.05) is 17.7 Å². The number of nitrogens with one attached hydrogen (secondary N) is 1. The zero-order valence-electron chi connectivity index (χ0n) is 17.4. The van der Waals surface area contributed by atoms with E-state index in [1.165, 1.54) is 6.08 Å². The molecule has 1 aliphatic heterocycles. The summed E-state index contributed by atoms with van der Waals surface area (Å²) >= 11 is 6.26. The monoisotopic (exact) mass is 429 g/mol. The molecule has 0 bridgehead atoms. The number of methoxy groups -OCH3 is 1. The molecule has 0 aliphatic carbocycles. The second kappa shape index (κ2) is 11.0. The van der Waals surface area contributed by atoms with Crippen LogP contribution in [0.25, 0.3) is 6.08 Å². The average molecular weight is 430 g/mol.